The molecule has 0 saturated carbocycles. The minimum absolute atomic E-state index is 0.0517. The van der Waals surface area contributed by atoms with E-state index in [1.54, 1.807) is 0 Å². The Balaban J connectivity index is 3.02. The van der Waals surface area contributed by atoms with Gasteiger partial charge in [0.15, 0.2) is 0 Å². The number of ether oxygens (including phenoxy) is 2. The Morgan fingerprint density at radius 1 is 0.727 bits per heavy atom. The molecule has 1 rings (SSSR count). The van der Waals surface area contributed by atoms with E-state index in [9.17, 15) is 14.0 Å². The fourth-order valence-corrected chi connectivity index (χ4v) is 3.72. The van der Waals surface area contributed by atoms with Gasteiger partial charge in [-0.2, -0.15) is 0 Å². The second-order valence-corrected chi connectivity index (χ2v) is 9.97. The molecule has 2 unspecified atom stereocenters. The highest BCUT2D eigenvalue weighted by molar-refractivity contribution is 6.03. The lowest BCUT2D eigenvalue weighted by Crippen LogP contribution is -2.24. The molecule has 2 atom stereocenters. The Kier molecular flexibility index (Phi) is 14.0. The minimum atomic E-state index is -0.654. The topological polar surface area (TPSA) is 52.6 Å². The molecule has 0 aliphatic carbocycles. The maximum Gasteiger partial charge on any atom is 0.339 e. The maximum absolute atomic E-state index is 14.0. The molecule has 0 amide bonds. The molecule has 0 aliphatic heterocycles. The predicted octanol–water partition coefficient (Wildman–Crippen LogP) is 8.13. The zero-order chi connectivity index (χ0) is 24.8. The van der Waals surface area contributed by atoms with Crippen molar-refractivity contribution in [3.63, 3.8) is 0 Å². The van der Waals surface area contributed by atoms with Crippen molar-refractivity contribution in [1.29, 1.82) is 0 Å². The molecule has 1 aromatic carbocycles. The van der Waals surface area contributed by atoms with Crippen LogP contribution in [-0.4, -0.2) is 24.1 Å². The van der Waals surface area contributed by atoms with E-state index >= 15 is 0 Å². The highest BCUT2D eigenvalue weighted by atomic mass is 19.1. The van der Waals surface area contributed by atoms with E-state index < -0.39 is 17.8 Å². The Morgan fingerprint density at radius 3 is 1.61 bits per heavy atom. The fourth-order valence-electron chi connectivity index (χ4n) is 3.72. The van der Waals surface area contributed by atoms with Crippen LogP contribution in [0, 0.1) is 17.7 Å². The standard InChI is InChI=1S/C28H45FO4/c1-7-9-11-23(16-13-20(3)4)32-27(30)25-18-15-22(29)19-26(25)28(31)33-24(12-10-8-2)17-14-21(5)6/h15,18-21,23-24H,7-14,16-17H2,1-6H3. The first-order valence-corrected chi connectivity index (χ1v) is 12.9. The van der Waals surface area contributed by atoms with Gasteiger partial charge in [-0.15, -0.1) is 0 Å². The van der Waals surface area contributed by atoms with Crippen molar-refractivity contribution < 1.29 is 23.5 Å². The van der Waals surface area contributed by atoms with Crippen LogP contribution in [0.3, 0.4) is 0 Å². The second kappa shape index (κ2) is 15.8. The van der Waals surface area contributed by atoms with Crippen molar-refractivity contribution in [3.05, 3.63) is 35.1 Å². The Hall–Kier alpha value is -1.91. The van der Waals surface area contributed by atoms with Gasteiger partial charge in [-0.3, -0.25) is 0 Å². The van der Waals surface area contributed by atoms with E-state index in [2.05, 4.69) is 41.5 Å². The largest absolute Gasteiger partial charge is 0.459 e. The number of carbonyl (C=O) groups is 2. The van der Waals surface area contributed by atoms with Gasteiger partial charge in [0.1, 0.15) is 18.0 Å². The molecule has 33 heavy (non-hydrogen) atoms. The van der Waals surface area contributed by atoms with Gasteiger partial charge in [-0.05, 0) is 68.6 Å². The third-order valence-electron chi connectivity index (χ3n) is 5.86. The lowest BCUT2D eigenvalue weighted by atomic mass is 10.0. The summed E-state index contributed by atoms with van der Waals surface area (Å²) in [6.07, 6.45) is 8.44. The molecule has 0 spiro atoms. The molecule has 0 aliphatic rings. The number of carbonyl (C=O) groups excluding carboxylic acids is 2. The van der Waals surface area contributed by atoms with E-state index in [-0.39, 0.29) is 23.3 Å². The summed E-state index contributed by atoms with van der Waals surface area (Å²) in [6.45, 7) is 12.7. The number of esters is 2. The van der Waals surface area contributed by atoms with Crippen LogP contribution in [0.4, 0.5) is 4.39 Å². The molecule has 0 heterocycles. The monoisotopic (exact) mass is 464 g/mol. The number of rotatable bonds is 16. The summed E-state index contributed by atoms with van der Waals surface area (Å²) in [5, 5.41) is 0. The summed E-state index contributed by atoms with van der Waals surface area (Å²) >= 11 is 0. The van der Waals surface area contributed by atoms with Crippen molar-refractivity contribution in [1.82, 2.24) is 0 Å². The third-order valence-corrected chi connectivity index (χ3v) is 5.86. The van der Waals surface area contributed by atoms with Gasteiger partial charge >= 0.3 is 11.9 Å². The lowest BCUT2D eigenvalue weighted by Gasteiger charge is -2.21. The highest BCUT2D eigenvalue weighted by Gasteiger charge is 2.25. The molecule has 0 radical (unpaired) electrons. The second-order valence-electron chi connectivity index (χ2n) is 9.97. The van der Waals surface area contributed by atoms with Crippen LogP contribution in [0.2, 0.25) is 0 Å². The SMILES string of the molecule is CCCCC(CCC(C)C)OC(=O)c1ccc(F)cc1C(=O)OC(CCCC)CCC(C)C. The highest BCUT2D eigenvalue weighted by Crippen LogP contribution is 2.22. The molecule has 0 saturated heterocycles. The predicted molar refractivity (Wildman–Crippen MR) is 132 cm³/mol. The van der Waals surface area contributed by atoms with Gasteiger partial charge < -0.3 is 9.47 Å². The normalized spacial score (nSPS) is 13.2. The zero-order valence-electron chi connectivity index (χ0n) is 21.6. The molecule has 0 bridgehead atoms. The number of hydrogen-bond acceptors (Lipinski definition) is 4. The third kappa shape index (κ3) is 11.7. The molecule has 0 aromatic heterocycles. The van der Waals surface area contributed by atoms with Gasteiger partial charge in [0.05, 0.1) is 11.1 Å². The summed E-state index contributed by atoms with van der Waals surface area (Å²) < 4.78 is 25.6. The van der Waals surface area contributed by atoms with Gasteiger partial charge in [0.2, 0.25) is 0 Å². The van der Waals surface area contributed by atoms with E-state index in [0.29, 0.717) is 11.8 Å². The number of benzene rings is 1. The Bertz CT molecular complexity index is 714. The first kappa shape index (κ1) is 29.1. The van der Waals surface area contributed by atoms with E-state index in [1.807, 2.05) is 0 Å². The van der Waals surface area contributed by atoms with E-state index in [4.69, 9.17) is 9.47 Å². The fraction of sp³-hybridized carbons (Fsp3) is 0.714. The first-order chi connectivity index (χ1) is 15.7. The summed E-state index contributed by atoms with van der Waals surface area (Å²) in [6, 6.07) is 3.62. The average Bonchev–Trinajstić information content (AvgIpc) is 2.76. The molecular weight excluding hydrogens is 419 g/mol. The van der Waals surface area contributed by atoms with E-state index in [0.717, 1.165) is 70.3 Å². The smallest absolute Gasteiger partial charge is 0.339 e. The number of hydrogen-bond donors (Lipinski definition) is 0. The summed E-state index contributed by atoms with van der Waals surface area (Å²) in [5.41, 5.74) is 0.0229. The maximum atomic E-state index is 14.0. The molecule has 5 heteroatoms. The molecule has 0 fully saturated rings. The van der Waals surface area contributed by atoms with Crippen LogP contribution in [0.5, 0.6) is 0 Å². The van der Waals surface area contributed by atoms with Crippen molar-refractivity contribution in [2.24, 2.45) is 11.8 Å². The van der Waals surface area contributed by atoms with Crippen LogP contribution >= 0.6 is 0 Å². The van der Waals surface area contributed by atoms with Gasteiger partial charge in [-0.1, -0.05) is 67.2 Å². The average molecular weight is 465 g/mol. The van der Waals surface area contributed by atoms with Crippen LogP contribution in [0.15, 0.2) is 18.2 Å². The van der Waals surface area contributed by atoms with Crippen LogP contribution in [0.1, 0.15) is 126 Å². The van der Waals surface area contributed by atoms with Crippen LogP contribution in [-0.2, 0) is 9.47 Å². The minimum Gasteiger partial charge on any atom is -0.459 e. The Morgan fingerprint density at radius 2 is 1.18 bits per heavy atom. The lowest BCUT2D eigenvalue weighted by molar-refractivity contribution is 0.0195. The van der Waals surface area contributed by atoms with E-state index in [1.165, 1.54) is 12.1 Å². The summed E-state index contributed by atoms with van der Waals surface area (Å²) in [5.74, 6) is -0.806. The summed E-state index contributed by atoms with van der Waals surface area (Å²) in [7, 11) is 0. The zero-order valence-corrected chi connectivity index (χ0v) is 21.6. The summed E-state index contributed by atoms with van der Waals surface area (Å²) in [4.78, 5) is 26.0. The molecule has 0 N–H and O–H groups in total. The van der Waals surface area contributed by atoms with Crippen molar-refractivity contribution in [2.45, 2.75) is 118 Å². The van der Waals surface area contributed by atoms with Gasteiger partial charge in [0, 0.05) is 0 Å². The molecular formula is C28H45FO4. The first-order valence-electron chi connectivity index (χ1n) is 12.9. The van der Waals surface area contributed by atoms with Crippen molar-refractivity contribution >= 4 is 11.9 Å². The van der Waals surface area contributed by atoms with Gasteiger partial charge in [-0.25, -0.2) is 14.0 Å². The van der Waals surface area contributed by atoms with Gasteiger partial charge in [0.25, 0.3) is 0 Å². The number of halogens is 1. The molecule has 1 aromatic rings. The Labute approximate surface area is 200 Å². The van der Waals surface area contributed by atoms with Crippen LogP contribution < -0.4 is 0 Å². The molecule has 188 valence electrons. The quantitative estimate of drug-likeness (QED) is 0.232. The molecule has 4 nitrogen and oxygen atoms in total. The van der Waals surface area contributed by atoms with Crippen molar-refractivity contribution in [2.75, 3.05) is 0 Å². The number of unbranched alkanes of at least 4 members (excludes halogenated alkanes) is 2. The van der Waals surface area contributed by atoms with Crippen LogP contribution in [0.25, 0.3) is 0 Å². The van der Waals surface area contributed by atoms with Crippen molar-refractivity contribution in [3.8, 4) is 0 Å².